The van der Waals surface area contributed by atoms with Crippen LogP contribution < -0.4 is 10.6 Å². The number of rotatable bonds is 9. The smallest absolute Gasteiger partial charge is 0.305 e. The lowest BCUT2D eigenvalue weighted by molar-refractivity contribution is -0.140. The molecule has 0 aliphatic carbocycles. The molecule has 2 N–H and O–H groups in total. The van der Waals surface area contributed by atoms with E-state index < -0.39 is 0 Å². The largest absolute Gasteiger partial charge is 0.469 e. The van der Waals surface area contributed by atoms with Crippen LogP contribution in [0.5, 0.6) is 0 Å². The van der Waals surface area contributed by atoms with Crippen molar-refractivity contribution < 1.29 is 14.3 Å². The van der Waals surface area contributed by atoms with Gasteiger partial charge in [0, 0.05) is 39.1 Å². The molecule has 1 aromatic rings. The van der Waals surface area contributed by atoms with E-state index in [2.05, 4.69) is 51.6 Å². The second-order valence-electron chi connectivity index (χ2n) is 7.37. The molecular formula is C22H35N3O3. The van der Waals surface area contributed by atoms with Gasteiger partial charge in [-0.1, -0.05) is 36.2 Å². The van der Waals surface area contributed by atoms with E-state index in [9.17, 15) is 4.79 Å². The fraction of sp³-hybridized carbons (Fsp3) is 0.636. The van der Waals surface area contributed by atoms with E-state index >= 15 is 0 Å². The molecular weight excluding hydrogens is 354 g/mol. The zero-order valence-electron chi connectivity index (χ0n) is 17.5. The molecule has 6 heteroatoms. The maximum absolute atomic E-state index is 11.1. The number of nitrogens with one attached hydrogen (secondary N) is 2. The van der Waals surface area contributed by atoms with Gasteiger partial charge < -0.3 is 20.1 Å². The van der Waals surface area contributed by atoms with Crippen LogP contribution in [0.4, 0.5) is 0 Å². The molecule has 0 spiro atoms. The van der Waals surface area contributed by atoms with Gasteiger partial charge in [-0.3, -0.25) is 9.79 Å². The predicted octanol–water partition coefficient (Wildman–Crippen LogP) is 3.36. The molecule has 6 nitrogen and oxygen atoms in total. The van der Waals surface area contributed by atoms with Crippen LogP contribution in [0, 0.1) is 12.8 Å². The Bertz CT molecular complexity index is 616. The van der Waals surface area contributed by atoms with Crippen LogP contribution in [0.2, 0.25) is 0 Å². The number of hydrogen-bond acceptors (Lipinski definition) is 4. The van der Waals surface area contributed by atoms with E-state index in [4.69, 9.17) is 4.74 Å². The summed E-state index contributed by atoms with van der Waals surface area (Å²) in [7, 11) is 3.22. The highest BCUT2D eigenvalue weighted by molar-refractivity contribution is 5.79. The number of aryl methyl sites for hydroxylation is 1. The van der Waals surface area contributed by atoms with Crippen LogP contribution in [0.25, 0.3) is 0 Å². The zero-order valence-corrected chi connectivity index (χ0v) is 17.5. The van der Waals surface area contributed by atoms with Gasteiger partial charge in [0.2, 0.25) is 0 Å². The summed E-state index contributed by atoms with van der Waals surface area (Å²) in [5, 5.41) is 6.81. The number of guanidine groups is 1. The number of hydrogen-bond donors (Lipinski definition) is 2. The maximum atomic E-state index is 11.1. The monoisotopic (exact) mass is 389 g/mol. The highest BCUT2D eigenvalue weighted by Gasteiger charge is 2.27. The number of carbonyl (C=O) groups excluding carboxylic acids is 1. The van der Waals surface area contributed by atoms with Crippen LogP contribution in [0.3, 0.4) is 0 Å². The molecule has 1 aliphatic rings. The third kappa shape index (κ3) is 7.50. The van der Waals surface area contributed by atoms with Crippen molar-refractivity contribution in [2.24, 2.45) is 10.9 Å². The lowest BCUT2D eigenvalue weighted by atomic mass is 9.89. The molecule has 0 amide bonds. The van der Waals surface area contributed by atoms with Crippen LogP contribution >= 0.6 is 0 Å². The Labute approximate surface area is 169 Å². The van der Waals surface area contributed by atoms with Gasteiger partial charge in [0.25, 0.3) is 0 Å². The summed E-state index contributed by atoms with van der Waals surface area (Å²) in [6, 6.07) is 8.66. The van der Waals surface area contributed by atoms with Crippen molar-refractivity contribution in [3.8, 4) is 0 Å². The van der Waals surface area contributed by atoms with Gasteiger partial charge in [0.1, 0.15) is 0 Å². The van der Waals surface area contributed by atoms with Crippen molar-refractivity contribution in [2.45, 2.75) is 51.6 Å². The van der Waals surface area contributed by atoms with Gasteiger partial charge in [-0.2, -0.15) is 0 Å². The summed E-state index contributed by atoms with van der Waals surface area (Å²) in [5.41, 5.74) is 2.52. The topological polar surface area (TPSA) is 72.0 Å². The number of esters is 1. The molecule has 2 atom stereocenters. The fourth-order valence-corrected chi connectivity index (χ4v) is 3.51. The summed E-state index contributed by atoms with van der Waals surface area (Å²) in [5.74, 6) is 1.11. The van der Waals surface area contributed by atoms with E-state index in [-0.39, 0.29) is 12.1 Å². The molecule has 156 valence electrons. The summed E-state index contributed by atoms with van der Waals surface area (Å²) in [6.45, 7) is 4.60. The molecule has 0 aromatic heterocycles. The summed E-state index contributed by atoms with van der Waals surface area (Å²) in [4.78, 5) is 15.4. The third-order valence-electron chi connectivity index (χ3n) is 5.18. The average Bonchev–Trinajstić information content (AvgIpc) is 2.73. The number of benzene rings is 1. The molecule has 0 saturated carbocycles. The number of aliphatic imine (C=N–C) groups is 1. The Morgan fingerprint density at radius 1 is 1.21 bits per heavy atom. The highest BCUT2D eigenvalue weighted by atomic mass is 16.5. The fourth-order valence-electron chi connectivity index (χ4n) is 3.51. The molecule has 28 heavy (non-hydrogen) atoms. The molecule has 1 aliphatic heterocycles. The Kier molecular flexibility index (Phi) is 9.83. The molecule has 1 saturated heterocycles. The summed E-state index contributed by atoms with van der Waals surface area (Å²) < 4.78 is 10.8. The van der Waals surface area contributed by atoms with Crippen LogP contribution in [0.15, 0.2) is 29.3 Å². The van der Waals surface area contributed by atoms with Crippen LogP contribution in [0.1, 0.15) is 55.8 Å². The van der Waals surface area contributed by atoms with Gasteiger partial charge in [-0.15, -0.1) is 0 Å². The van der Waals surface area contributed by atoms with Crippen molar-refractivity contribution in [3.63, 3.8) is 0 Å². The Morgan fingerprint density at radius 3 is 2.71 bits per heavy atom. The lowest BCUT2D eigenvalue weighted by Gasteiger charge is -2.32. The number of ether oxygens (including phenoxy) is 2. The standard InChI is InChI=1S/C22H35N3O3/c1-17-10-12-18(13-11-17)21-19(8-7-15-28-21)16-25-22(23-2)24-14-6-4-5-9-20(26)27-3/h10-13,19,21H,4-9,14-16H2,1-3H3,(H2,23,24,25). The third-order valence-corrected chi connectivity index (χ3v) is 5.18. The van der Waals surface area contributed by atoms with Crippen molar-refractivity contribution in [1.29, 1.82) is 0 Å². The van der Waals surface area contributed by atoms with Gasteiger partial charge in [0.15, 0.2) is 5.96 Å². The first-order chi connectivity index (χ1) is 13.6. The van der Waals surface area contributed by atoms with Gasteiger partial charge in [0.05, 0.1) is 13.2 Å². The van der Waals surface area contributed by atoms with Gasteiger partial charge in [-0.25, -0.2) is 0 Å². The van der Waals surface area contributed by atoms with Crippen molar-refractivity contribution >= 4 is 11.9 Å². The Morgan fingerprint density at radius 2 is 2.00 bits per heavy atom. The summed E-state index contributed by atoms with van der Waals surface area (Å²) in [6.07, 6.45) is 5.72. The number of unbranched alkanes of at least 4 members (excludes halogenated alkanes) is 2. The van der Waals surface area contributed by atoms with E-state index in [0.29, 0.717) is 12.3 Å². The first-order valence-electron chi connectivity index (χ1n) is 10.3. The second kappa shape index (κ2) is 12.4. The normalized spacial score (nSPS) is 19.9. The summed E-state index contributed by atoms with van der Waals surface area (Å²) >= 11 is 0. The molecule has 2 rings (SSSR count). The minimum Gasteiger partial charge on any atom is -0.469 e. The highest BCUT2D eigenvalue weighted by Crippen LogP contribution is 2.33. The van der Waals surface area contributed by atoms with E-state index in [1.165, 1.54) is 18.2 Å². The predicted molar refractivity (Wildman–Crippen MR) is 112 cm³/mol. The average molecular weight is 390 g/mol. The molecule has 2 unspecified atom stereocenters. The zero-order chi connectivity index (χ0) is 20.2. The van der Waals surface area contributed by atoms with Crippen molar-refractivity contribution in [3.05, 3.63) is 35.4 Å². The first-order valence-corrected chi connectivity index (χ1v) is 10.3. The molecule has 0 radical (unpaired) electrons. The second-order valence-corrected chi connectivity index (χ2v) is 7.37. The first kappa shape index (κ1) is 22.2. The minimum absolute atomic E-state index is 0.136. The Hall–Kier alpha value is -2.08. The van der Waals surface area contributed by atoms with Gasteiger partial charge >= 0.3 is 5.97 Å². The van der Waals surface area contributed by atoms with Crippen LogP contribution in [-0.2, 0) is 14.3 Å². The lowest BCUT2D eigenvalue weighted by Crippen LogP contribution is -2.42. The number of nitrogens with zero attached hydrogens (tertiary/aromatic N) is 1. The quantitative estimate of drug-likeness (QED) is 0.293. The number of methoxy groups -OCH3 is 1. The van der Waals surface area contributed by atoms with E-state index in [1.807, 2.05) is 0 Å². The molecule has 1 heterocycles. The minimum atomic E-state index is -0.136. The van der Waals surface area contributed by atoms with Crippen LogP contribution in [-0.4, -0.2) is 45.8 Å². The van der Waals surface area contributed by atoms with Crippen molar-refractivity contribution in [2.75, 3.05) is 33.9 Å². The van der Waals surface area contributed by atoms with E-state index in [1.54, 1.807) is 7.05 Å². The molecule has 1 fully saturated rings. The Balaban J connectivity index is 1.73. The van der Waals surface area contributed by atoms with Crippen molar-refractivity contribution in [1.82, 2.24) is 10.6 Å². The maximum Gasteiger partial charge on any atom is 0.305 e. The molecule has 0 bridgehead atoms. The molecule has 1 aromatic carbocycles. The van der Waals surface area contributed by atoms with Gasteiger partial charge in [-0.05, 0) is 38.2 Å². The number of carbonyl (C=O) groups is 1. The van der Waals surface area contributed by atoms with E-state index in [0.717, 1.165) is 57.8 Å². The SMILES string of the molecule is CN=C(NCCCCCC(=O)OC)NCC1CCCOC1c1ccc(C)cc1.